The average molecular weight is 594 g/mol. The lowest BCUT2D eigenvalue weighted by Gasteiger charge is -2.28. The van der Waals surface area contributed by atoms with Crippen molar-refractivity contribution in [1.29, 1.82) is 5.41 Å². The number of carbonyl (C=O) groups is 4. The zero-order valence-corrected chi connectivity index (χ0v) is 22.9. The second-order valence-corrected chi connectivity index (χ2v) is 9.45. The van der Waals surface area contributed by atoms with E-state index in [1.165, 1.54) is 23.0 Å². The average Bonchev–Trinajstić information content (AvgIpc) is 3.45. The number of aromatic nitrogens is 4. The fourth-order valence-electron chi connectivity index (χ4n) is 4.29. The van der Waals surface area contributed by atoms with Crippen molar-refractivity contribution in [3.63, 3.8) is 0 Å². The van der Waals surface area contributed by atoms with Crippen LogP contribution in [0, 0.1) is 44.9 Å². The third-order valence-electron chi connectivity index (χ3n) is 6.68. The summed E-state index contributed by atoms with van der Waals surface area (Å²) in [7, 11) is 0. The van der Waals surface area contributed by atoms with Gasteiger partial charge in [0.15, 0.2) is 11.6 Å². The van der Waals surface area contributed by atoms with E-state index in [4.69, 9.17) is 10.5 Å². The second-order valence-electron chi connectivity index (χ2n) is 9.45. The van der Waals surface area contributed by atoms with E-state index in [9.17, 15) is 44.5 Å². The van der Waals surface area contributed by atoms with E-state index in [0.29, 0.717) is 0 Å². The number of aryl methyl sites for hydroxylation is 2. The normalized spacial score (nSPS) is 11.1. The van der Waals surface area contributed by atoms with Gasteiger partial charge in [0, 0.05) is 46.0 Å². The third kappa shape index (κ3) is 8.89. The maximum atomic E-state index is 12.7. The molecule has 0 aromatic carbocycles. The van der Waals surface area contributed by atoms with Crippen molar-refractivity contribution in [2.45, 2.75) is 71.9 Å². The van der Waals surface area contributed by atoms with Crippen LogP contribution in [0.15, 0.2) is 12.4 Å². The molecule has 2 rings (SSSR count). The SMILES string of the molecule is Cc1ncc([N+](=O)[O-])n1CCC(CCC(=O)NC(=N)NC(=O)CCCC(=O)O)(CCn1c([N+](=O)[O-])cnc1C)C(=O)O. The van der Waals surface area contributed by atoms with E-state index in [2.05, 4.69) is 20.6 Å². The number of rotatable bonds is 16. The number of hydrogen-bond donors (Lipinski definition) is 5. The van der Waals surface area contributed by atoms with Gasteiger partial charge in [-0.25, -0.2) is 19.1 Å². The summed E-state index contributed by atoms with van der Waals surface area (Å²) in [6.45, 7) is 2.68. The van der Waals surface area contributed by atoms with E-state index < -0.39 is 51.4 Å². The maximum absolute atomic E-state index is 12.7. The van der Waals surface area contributed by atoms with Crippen LogP contribution in [0.2, 0.25) is 0 Å². The number of nitrogens with one attached hydrogen (secondary N) is 3. The van der Waals surface area contributed by atoms with E-state index in [-0.39, 0.29) is 74.9 Å². The van der Waals surface area contributed by atoms with Crippen LogP contribution in [0.25, 0.3) is 0 Å². The Morgan fingerprint density at radius 3 is 1.71 bits per heavy atom. The van der Waals surface area contributed by atoms with E-state index in [1.807, 2.05) is 0 Å². The Labute approximate surface area is 237 Å². The lowest BCUT2D eigenvalue weighted by molar-refractivity contribution is -0.392. The first-order chi connectivity index (χ1) is 19.7. The van der Waals surface area contributed by atoms with E-state index >= 15 is 0 Å². The van der Waals surface area contributed by atoms with Crippen molar-refractivity contribution in [3.8, 4) is 0 Å². The lowest BCUT2D eigenvalue weighted by Crippen LogP contribution is -2.43. The Bertz CT molecular complexity index is 1320. The van der Waals surface area contributed by atoms with Crippen molar-refractivity contribution in [2.75, 3.05) is 0 Å². The van der Waals surface area contributed by atoms with Crippen LogP contribution in [-0.2, 0) is 32.3 Å². The van der Waals surface area contributed by atoms with Crippen LogP contribution >= 0.6 is 0 Å². The highest BCUT2D eigenvalue weighted by molar-refractivity contribution is 6.03. The molecule has 0 aliphatic carbocycles. The van der Waals surface area contributed by atoms with Gasteiger partial charge in [0.25, 0.3) is 0 Å². The summed E-state index contributed by atoms with van der Waals surface area (Å²) < 4.78 is 2.44. The molecule has 0 spiro atoms. The van der Waals surface area contributed by atoms with Gasteiger partial charge in [-0.3, -0.25) is 35.2 Å². The van der Waals surface area contributed by atoms with Crippen LogP contribution in [0.3, 0.4) is 0 Å². The second kappa shape index (κ2) is 14.4. The highest BCUT2D eigenvalue weighted by Gasteiger charge is 2.41. The van der Waals surface area contributed by atoms with Crippen molar-refractivity contribution in [2.24, 2.45) is 5.41 Å². The van der Waals surface area contributed by atoms with Crippen molar-refractivity contribution < 1.29 is 39.2 Å². The molecule has 2 amide bonds. The summed E-state index contributed by atoms with van der Waals surface area (Å²) in [5, 5.41) is 53.8. The van der Waals surface area contributed by atoms with E-state index in [0.717, 1.165) is 12.4 Å². The van der Waals surface area contributed by atoms with Crippen LogP contribution in [0.1, 0.15) is 56.6 Å². The number of aliphatic carboxylic acids is 2. The number of carboxylic acids is 2. The number of guanidine groups is 1. The highest BCUT2D eigenvalue weighted by Crippen LogP contribution is 2.36. The quantitative estimate of drug-likeness (QED) is 0.0796. The maximum Gasteiger partial charge on any atom is 0.342 e. The lowest BCUT2D eigenvalue weighted by atomic mass is 9.76. The first kappa shape index (κ1) is 33.0. The standard InChI is InChI=1S/C23H31N9O10/c1-14-25-12-18(31(39)40)29(14)10-8-23(21(37)38,9-11-30-15(2)26-13-19(30)32(41)42)7-6-17(34)28-22(24)27-16(33)4-3-5-20(35)36/h12-13H,3-11H2,1-2H3,(H,35,36)(H,37,38)(H3,24,27,28,33,34). The molecular weight excluding hydrogens is 562 g/mol. The van der Waals surface area contributed by atoms with Crippen LogP contribution in [0.4, 0.5) is 11.6 Å². The zero-order valence-electron chi connectivity index (χ0n) is 22.9. The van der Waals surface area contributed by atoms with Gasteiger partial charge in [0.1, 0.15) is 12.4 Å². The summed E-state index contributed by atoms with van der Waals surface area (Å²) >= 11 is 0. The van der Waals surface area contributed by atoms with Crippen molar-refractivity contribution >= 4 is 41.3 Å². The van der Waals surface area contributed by atoms with Crippen molar-refractivity contribution in [1.82, 2.24) is 29.7 Å². The number of hydrogen-bond acceptors (Lipinski definition) is 11. The third-order valence-corrected chi connectivity index (χ3v) is 6.68. The van der Waals surface area contributed by atoms with Crippen molar-refractivity contribution in [3.05, 3.63) is 44.3 Å². The molecule has 42 heavy (non-hydrogen) atoms. The molecule has 0 radical (unpaired) electrons. The van der Waals surface area contributed by atoms with Gasteiger partial charge in [0.2, 0.25) is 17.8 Å². The summed E-state index contributed by atoms with van der Waals surface area (Å²) in [6, 6.07) is 0. The van der Waals surface area contributed by atoms with Gasteiger partial charge in [0.05, 0.1) is 18.5 Å². The van der Waals surface area contributed by atoms with Gasteiger partial charge in [-0.1, -0.05) is 0 Å². The summed E-state index contributed by atoms with van der Waals surface area (Å²) in [6.07, 6.45) is 0.430. The van der Waals surface area contributed by atoms with Gasteiger partial charge < -0.3 is 30.4 Å². The Balaban J connectivity index is 2.21. The van der Waals surface area contributed by atoms with Gasteiger partial charge >= 0.3 is 23.6 Å². The molecular formula is C23H31N9O10. The fourth-order valence-corrected chi connectivity index (χ4v) is 4.29. The molecule has 0 fully saturated rings. The minimum absolute atomic E-state index is 0.0205. The Morgan fingerprint density at radius 2 is 1.31 bits per heavy atom. The number of imidazole rings is 2. The molecule has 228 valence electrons. The molecule has 0 saturated carbocycles. The van der Waals surface area contributed by atoms with Crippen LogP contribution in [-0.4, -0.2) is 68.9 Å². The first-order valence-corrected chi connectivity index (χ1v) is 12.6. The fraction of sp³-hybridized carbons (Fsp3) is 0.522. The monoisotopic (exact) mass is 593 g/mol. The first-order valence-electron chi connectivity index (χ1n) is 12.6. The summed E-state index contributed by atoms with van der Waals surface area (Å²) in [5.41, 5.74) is -1.71. The molecule has 2 heterocycles. The molecule has 5 N–H and O–H groups in total. The smallest absolute Gasteiger partial charge is 0.342 e. The summed E-state index contributed by atoms with van der Waals surface area (Å²) in [5.74, 6) is -4.85. The van der Waals surface area contributed by atoms with E-state index in [1.54, 1.807) is 0 Å². The molecule has 0 aliphatic rings. The molecule has 19 heteroatoms. The summed E-state index contributed by atoms with van der Waals surface area (Å²) in [4.78, 5) is 77.0. The number of amides is 2. The van der Waals surface area contributed by atoms with Gasteiger partial charge in [-0.15, -0.1) is 0 Å². The number of carbonyl (C=O) groups excluding carboxylic acids is 2. The minimum Gasteiger partial charge on any atom is -0.481 e. The number of nitro groups is 2. The zero-order chi connectivity index (χ0) is 31.6. The molecule has 2 aromatic rings. The van der Waals surface area contributed by atoms with Gasteiger partial charge in [-0.2, -0.15) is 0 Å². The molecule has 0 unspecified atom stereocenters. The molecule has 0 aliphatic heterocycles. The highest BCUT2D eigenvalue weighted by atomic mass is 16.6. The molecule has 0 atom stereocenters. The van der Waals surface area contributed by atoms with Gasteiger partial charge in [-0.05, 0) is 22.7 Å². The Morgan fingerprint density at radius 1 is 0.857 bits per heavy atom. The number of carboxylic acid groups (broad SMARTS) is 2. The predicted octanol–water partition coefficient (Wildman–Crippen LogP) is 1.27. The van der Waals surface area contributed by atoms with Crippen LogP contribution in [0.5, 0.6) is 0 Å². The molecule has 0 saturated heterocycles. The minimum atomic E-state index is -1.71. The largest absolute Gasteiger partial charge is 0.481 e. The number of nitrogens with zero attached hydrogens (tertiary/aromatic N) is 6. The molecule has 0 bridgehead atoms. The van der Waals surface area contributed by atoms with Crippen LogP contribution < -0.4 is 10.6 Å². The topological polar surface area (TPSA) is 279 Å². The predicted molar refractivity (Wildman–Crippen MR) is 141 cm³/mol. The Hall–Kier alpha value is -5.23. The molecule has 2 aromatic heterocycles. The molecule has 19 nitrogen and oxygen atoms in total. The Kier molecular flexibility index (Phi) is 11.3.